The Balaban J connectivity index is 3.08. The molecular formula is C15H33N3O. The van der Waals surface area contributed by atoms with Crippen molar-refractivity contribution in [1.82, 2.24) is 16.0 Å². The van der Waals surface area contributed by atoms with E-state index in [9.17, 15) is 4.79 Å². The van der Waals surface area contributed by atoms with E-state index in [2.05, 4.69) is 36.7 Å². The van der Waals surface area contributed by atoms with Gasteiger partial charge >= 0.3 is 0 Å². The normalized spacial score (nSPS) is 10.9. The van der Waals surface area contributed by atoms with Crippen LogP contribution in [0, 0.1) is 5.92 Å². The number of carbonyl (C=O) groups excluding carboxylic acids is 1. The van der Waals surface area contributed by atoms with Crippen LogP contribution in [-0.2, 0) is 4.79 Å². The van der Waals surface area contributed by atoms with E-state index in [0.717, 1.165) is 39.1 Å². The molecule has 3 N–H and O–H groups in total. The third kappa shape index (κ3) is 15.3. The molecule has 0 saturated heterocycles. The Morgan fingerprint density at radius 2 is 1.42 bits per heavy atom. The summed E-state index contributed by atoms with van der Waals surface area (Å²) in [6.07, 6.45) is 5.34. The smallest absolute Gasteiger partial charge is 0.220 e. The highest BCUT2D eigenvalue weighted by molar-refractivity contribution is 5.75. The fraction of sp³-hybridized carbons (Fsp3) is 0.933. The second-order valence-electron chi connectivity index (χ2n) is 5.51. The fourth-order valence-corrected chi connectivity index (χ4v) is 1.77. The number of hydrogen-bond acceptors (Lipinski definition) is 3. The summed E-state index contributed by atoms with van der Waals surface area (Å²) in [5.74, 6) is 0.619. The number of amides is 1. The van der Waals surface area contributed by atoms with Gasteiger partial charge in [-0.25, -0.2) is 0 Å². The number of rotatable bonds is 13. The average Bonchev–Trinajstić information content (AvgIpc) is 2.35. The van der Waals surface area contributed by atoms with E-state index in [1.807, 2.05) is 0 Å². The zero-order valence-corrected chi connectivity index (χ0v) is 13.1. The van der Waals surface area contributed by atoms with Crippen molar-refractivity contribution >= 4 is 5.91 Å². The van der Waals surface area contributed by atoms with Gasteiger partial charge in [-0.15, -0.1) is 0 Å². The monoisotopic (exact) mass is 271 g/mol. The highest BCUT2D eigenvalue weighted by Gasteiger charge is 2.02. The van der Waals surface area contributed by atoms with Crippen LogP contribution in [-0.4, -0.2) is 38.6 Å². The predicted molar refractivity (Wildman–Crippen MR) is 82.3 cm³/mol. The topological polar surface area (TPSA) is 53.2 Å². The number of hydrogen-bond donors (Lipinski definition) is 3. The Morgan fingerprint density at radius 1 is 0.895 bits per heavy atom. The van der Waals surface area contributed by atoms with Gasteiger partial charge in [0.1, 0.15) is 0 Å². The summed E-state index contributed by atoms with van der Waals surface area (Å²) in [7, 11) is 0. The minimum Gasteiger partial charge on any atom is -0.356 e. The molecule has 0 aliphatic rings. The molecule has 1 amide bonds. The molecule has 0 atom stereocenters. The summed E-state index contributed by atoms with van der Waals surface area (Å²) < 4.78 is 0. The molecule has 0 aromatic carbocycles. The van der Waals surface area contributed by atoms with Crippen molar-refractivity contribution in [2.24, 2.45) is 5.92 Å². The highest BCUT2D eigenvalue weighted by atomic mass is 16.1. The van der Waals surface area contributed by atoms with Gasteiger partial charge < -0.3 is 16.0 Å². The third-order valence-electron chi connectivity index (χ3n) is 2.86. The van der Waals surface area contributed by atoms with Gasteiger partial charge in [0.15, 0.2) is 0 Å². The van der Waals surface area contributed by atoms with Crippen LogP contribution in [0.4, 0.5) is 0 Å². The summed E-state index contributed by atoms with van der Waals surface area (Å²) in [6, 6.07) is 0. The largest absolute Gasteiger partial charge is 0.356 e. The van der Waals surface area contributed by atoms with E-state index in [1.54, 1.807) is 0 Å². The van der Waals surface area contributed by atoms with Crippen LogP contribution in [0.1, 0.15) is 52.9 Å². The van der Waals surface area contributed by atoms with Crippen molar-refractivity contribution < 1.29 is 4.79 Å². The number of carbonyl (C=O) groups is 1. The van der Waals surface area contributed by atoms with Crippen LogP contribution in [0.3, 0.4) is 0 Å². The van der Waals surface area contributed by atoms with Crippen molar-refractivity contribution in [2.45, 2.75) is 52.9 Å². The molecule has 0 unspecified atom stereocenters. The summed E-state index contributed by atoms with van der Waals surface area (Å²) in [6.45, 7) is 11.4. The molecule has 0 heterocycles. The summed E-state index contributed by atoms with van der Waals surface area (Å²) in [5.41, 5.74) is 0. The van der Waals surface area contributed by atoms with Crippen molar-refractivity contribution in [1.29, 1.82) is 0 Å². The first-order valence-electron chi connectivity index (χ1n) is 7.85. The minimum absolute atomic E-state index is 0.176. The van der Waals surface area contributed by atoms with Crippen LogP contribution in [0.2, 0.25) is 0 Å². The molecule has 0 saturated carbocycles. The highest BCUT2D eigenvalue weighted by Crippen LogP contribution is 1.97. The molecule has 0 aliphatic heterocycles. The van der Waals surface area contributed by atoms with Crippen molar-refractivity contribution in [2.75, 3.05) is 32.7 Å². The molecule has 0 fully saturated rings. The van der Waals surface area contributed by atoms with E-state index in [1.165, 1.54) is 19.3 Å². The maximum absolute atomic E-state index is 11.4. The zero-order valence-electron chi connectivity index (χ0n) is 13.1. The van der Waals surface area contributed by atoms with Crippen molar-refractivity contribution in [3.63, 3.8) is 0 Å². The molecule has 0 aromatic heterocycles. The first-order chi connectivity index (χ1) is 9.16. The molecule has 114 valence electrons. The summed E-state index contributed by atoms with van der Waals surface area (Å²) >= 11 is 0. The van der Waals surface area contributed by atoms with Gasteiger partial charge in [-0.2, -0.15) is 0 Å². The number of unbranched alkanes of at least 4 members (excludes halogenated alkanes) is 1. The minimum atomic E-state index is 0.176. The quantitative estimate of drug-likeness (QED) is 0.449. The van der Waals surface area contributed by atoms with Gasteiger partial charge in [-0.3, -0.25) is 4.79 Å². The second kappa shape index (κ2) is 13.8. The van der Waals surface area contributed by atoms with Gasteiger partial charge in [-0.1, -0.05) is 27.2 Å². The van der Waals surface area contributed by atoms with Crippen molar-refractivity contribution in [3.8, 4) is 0 Å². The standard InChI is InChI=1S/C15H33N3O/c1-4-5-8-16-9-6-10-17-11-7-12-18-15(19)13-14(2)3/h14,16-17H,4-13H2,1-3H3,(H,18,19). The molecule has 0 radical (unpaired) electrons. The van der Waals surface area contributed by atoms with Crippen LogP contribution in [0.15, 0.2) is 0 Å². The second-order valence-corrected chi connectivity index (χ2v) is 5.51. The fourth-order valence-electron chi connectivity index (χ4n) is 1.77. The third-order valence-corrected chi connectivity index (χ3v) is 2.86. The molecular weight excluding hydrogens is 238 g/mol. The molecule has 19 heavy (non-hydrogen) atoms. The van der Waals surface area contributed by atoms with Crippen LogP contribution in [0.5, 0.6) is 0 Å². The van der Waals surface area contributed by atoms with E-state index < -0.39 is 0 Å². The van der Waals surface area contributed by atoms with E-state index in [0.29, 0.717) is 12.3 Å². The van der Waals surface area contributed by atoms with Crippen LogP contribution in [0.25, 0.3) is 0 Å². The molecule has 0 aromatic rings. The molecule has 0 rings (SSSR count). The Bertz CT molecular complexity index is 208. The van der Waals surface area contributed by atoms with Gasteiger partial charge in [0.2, 0.25) is 5.91 Å². The lowest BCUT2D eigenvalue weighted by Crippen LogP contribution is -2.29. The zero-order chi connectivity index (χ0) is 14.3. The SMILES string of the molecule is CCCCNCCCNCCCNC(=O)CC(C)C. The molecule has 4 heteroatoms. The average molecular weight is 271 g/mol. The first-order valence-corrected chi connectivity index (χ1v) is 7.85. The Kier molecular flexibility index (Phi) is 13.4. The molecule has 0 spiro atoms. The van der Waals surface area contributed by atoms with E-state index in [4.69, 9.17) is 0 Å². The molecule has 0 bridgehead atoms. The van der Waals surface area contributed by atoms with Gasteiger partial charge in [0.25, 0.3) is 0 Å². The molecule has 4 nitrogen and oxygen atoms in total. The van der Waals surface area contributed by atoms with Crippen molar-refractivity contribution in [3.05, 3.63) is 0 Å². The van der Waals surface area contributed by atoms with E-state index >= 15 is 0 Å². The maximum atomic E-state index is 11.4. The first kappa shape index (κ1) is 18.4. The Morgan fingerprint density at radius 3 is 1.95 bits per heavy atom. The lowest BCUT2D eigenvalue weighted by molar-refractivity contribution is -0.121. The lowest BCUT2D eigenvalue weighted by atomic mass is 10.1. The van der Waals surface area contributed by atoms with Crippen LogP contribution >= 0.6 is 0 Å². The Labute approximate surface area is 119 Å². The number of nitrogens with one attached hydrogen (secondary N) is 3. The van der Waals surface area contributed by atoms with E-state index in [-0.39, 0.29) is 5.91 Å². The van der Waals surface area contributed by atoms with Gasteiger partial charge in [-0.05, 0) is 51.4 Å². The predicted octanol–water partition coefficient (Wildman–Crippen LogP) is 1.91. The lowest BCUT2D eigenvalue weighted by Gasteiger charge is -2.08. The van der Waals surface area contributed by atoms with Crippen LogP contribution < -0.4 is 16.0 Å². The molecule has 0 aliphatic carbocycles. The van der Waals surface area contributed by atoms with Gasteiger partial charge in [0, 0.05) is 13.0 Å². The summed E-state index contributed by atoms with van der Waals surface area (Å²) in [4.78, 5) is 11.4. The van der Waals surface area contributed by atoms with Gasteiger partial charge in [0.05, 0.1) is 0 Å². The maximum Gasteiger partial charge on any atom is 0.220 e. The Hall–Kier alpha value is -0.610. The summed E-state index contributed by atoms with van der Waals surface area (Å²) in [5, 5.41) is 9.77.